The number of rotatable bonds is 6. The summed E-state index contributed by atoms with van der Waals surface area (Å²) in [6.07, 6.45) is 0. The van der Waals surface area contributed by atoms with Gasteiger partial charge in [0.1, 0.15) is 24.0 Å². The Morgan fingerprint density at radius 2 is 2.03 bits per heavy atom. The van der Waals surface area contributed by atoms with Gasteiger partial charge in [0.2, 0.25) is 0 Å². The first-order valence-electron chi connectivity index (χ1n) is 9.23. The molecule has 0 saturated heterocycles. The molecule has 4 aromatic rings. The Balaban J connectivity index is 1.49. The van der Waals surface area contributed by atoms with Gasteiger partial charge in [-0.1, -0.05) is 36.4 Å². The highest BCUT2D eigenvalue weighted by molar-refractivity contribution is 7.15. The van der Waals surface area contributed by atoms with Crippen molar-refractivity contribution in [2.24, 2.45) is 0 Å². The van der Waals surface area contributed by atoms with Crippen LogP contribution in [-0.4, -0.2) is 26.3 Å². The molecule has 0 fully saturated rings. The third kappa shape index (κ3) is 4.10. The van der Waals surface area contributed by atoms with Crippen LogP contribution in [0.5, 0.6) is 5.75 Å². The molecular formula is C22H17N5O3S. The van der Waals surface area contributed by atoms with Gasteiger partial charge in [-0.2, -0.15) is 10.4 Å². The minimum Gasteiger partial charge on any atom is -0.489 e. The normalized spacial score (nSPS) is 10.6. The summed E-state index contributed by atoms with van der Waals surface area (Å²) in [6.45, 7) is 2.11. The van der Waals surface area contributed by atoms with Crippen LogP contribution in [0.2, 0.25) is 0 Å². The lowest BCUT2D eigenvalue weighted by atomic mass is 10.1. The quantitative estimate of drug-likeness (QED) is 0.415. The van der Waals surface area contributed by atoms with Gasteiger partial charge in [0, 0.05) is 5.56 Å². The van der Waals surface area contributed by atoms with E-state index in [-0.39, 0.29) is 11.5 Å². The highest BCUT2D eigenvalue weighted by Gasteiger charge is 2.17. The number of thiazole rings is 1. The molecule has 31 heavy (non-hydrogen) atoms. The standard InChI is InChI=1S/C22H17N5O3S/c1-12-25-19(22(28)29)20(31-12)14-7-5-13(6-8-14)11-30-16-4-2-3-15(9-16)18-17(10-23)21(24)27-26-18/h2-9H,11H2,1H3,(H,28,29)(H3,24,26,27). The molecule has 0 unspecified atom stereocenters. The number of aromatic carboxylic acids is 1. The number of nitrogens with two attached hydrogens (primary N) is 1. The summed E-state index contributed by atoms with van der Waals surface area (Å²) in [7, 11) is 0. The first-order chi connectivity index (χ1) is 15.0. The van der Waals surface area contributed by atoms with Crippen molar-refractivity contribution in [2.75, 3.05) is 5.73 Å². The van der Waals surface area contributed by atoms with E-state index >= 15 is 0 Å². The fourth-order valence-corrected chi connectivity index (χ4v) is 4.02. The minimum absolute atomic E-state index is 0.0690. The Kier molecular flexibility index (Phi) is 5.39. The number of carbonyl (C=O) groups is 1. The van der Waals surface area contributed by atoms with Crippen LogP contribution in [0.25, 0.3) is 21.7 Å². The number of hydrogen-bond acceptors (Lipinski definition) is 7. The lowest BCUT2D eigenvalue weighted by Crippen LogP contribution is -1.99. The van der Waals surface area contributed by atoms with Crippen molar-refractivity contribution in [3.05, 3.63) is 70.4 Å². The van der Waals surface area contributed by atoms with Gasteiger partial charge in [0.15, 0.2) is 11.5 Å². The summed E-state index contributed by atoms with van der Waals surface area (Å²) in [6, 6.07) is 16.9. The van der Waals surface area contributed by atoms with Gasteiger partial charge in [-0.25, -0.2) is 9.78 Å². The van der Waals surface area contributed by atoms with E-state index in [4.69, 9.17) is 10.5 Å². The van der Waals surface area contributed by atoms with Crippen molar-refractivity contribution in [3.8, 4) is 33.5 Å². The lowest BCUT2D eigenvalue weighted by Gasteiger charge is -2.09. The van der Waals surface area contributed by atoms with Crippen LogP contribution in [0.3, 0.4) is 0 Å². The second-order valence-electron chi connectivity index (χ2n) is 6.70. The van der Waals surface area contributed by atoms with E-state index in [0.29, 0.717) is 33.5 Å². The number of ether oxygens (including phenoxy) is 1. The molecule has 0 saturated carbocycles. The first-order valence-corrected chi connectivity index (χ1v) is 10.0. The maximum Gasteiger partial charge on any atom is 0.356 e. The number of aromatic nitrogens is 3. The van der Waals surface area contributed by atoms with Gasteiger partial charge in [0.25, 0.3) is 0 Å². The van der Waals surface area contributed by atoms with Gasteiger partial charge in [-0.05, 0) is 30.2 Å². The Morgan fingerprint density at radius 1 is 1.26 bits per heavy atom. The van der Waals surface area contributed by atoms with Gasteiger partial charge in [0.05, 0.1) is 15.6 Å². The highest BCUT2D eigenvalue weighted by Crippen LogP contribution is 2.31. The second kappa shape index (κ2) is 8.30. The van der Waals surface area contributed by atoms with Gasteiger partial charge in [-0.3, -0.25) is 5.10 Å². The number of carboxylic acid groups (broad SMARTS) is 1. The largest absolute Gasteiger partial charge is 0.489 e. The zero-order chi connectivity index (χ0) is 22.0. The number of aryl methyl sites for hydroxylation is 1. The molecule has 0 bridgehead atoms. The SMILES string of the molecule is Cc1nc(C(=O)O)c(-c2ccc(COc3cccc(-c4[nH]nc(N)c4C#N)c3)cc2)s1. The molecule has 154 valence electrons. The summed E-state index contributed by atoms with van der Waals surface area (Å²) in [5.41, 5.74) is 9.10. The van der Waals surface area contributed by atoms with Crippen molar-refractivity contribution in [2.45, 2.75) is 13.5 Å². The van der Waals surface area contributed by atoms with E-state index in [1.165, 1.54) is 11.3 Å². The van der Waals surface area contributed by atoms with Crippen LogP contribution < -0.4 is 10.5 Å². The number of aromatic amines is 1. The van der Waals surface area contributed by atoms with E-state index < -0.39 is 5.97 Å². The van der Waals surface area contributed by atoms with E-state index in [1.807, 2.05) is 42.5 Å². The van der Waals surface area contributed by atoms with Crippen LogP contribution in [0.1, 0.15) is 26.6 Å². The second-order valence-corrected chi connectivity index (χ2v) is 7.90. The summed E-state index contributed by atoms with van der Waals surface area (Å²) >= 11 is 1.35. The summed E-state index contributed by atoms with van der Waals surface area (Å²) in [5.74, 6) is -0.249. The van der Waals surface area contributed by atoms with Crippen molar-refractivity contribution < 1.29 is 14.6 Å². The third-order valence-electron chi connectivity index (χ3n) is 4.59. The zero-order valence-electron chi connectivity index (χ0n) is 16.4. The number of nitrogen functional groups attached to an aromatic ring is 1. The number of nitriles is 1. The molecule has 0 amide bonds. The summed E-state index contributed by atoms with van der Waals surface area (Å²) in [5, 5.41) is 26.0. The van der Waals surface area contributed by atoms with Crippen LogP contribution in [0.4, 0.5) is 5.82 Å². The minimum atomic E-state index is -1.04. The van der Waals surface area contributed by atoms with Gasteiger partial charge in [-0.15, -0.1) is 11.3 Å². The van der Waals surface area contributed by atoms with Crippen molar-refractivity contribution in [1.82, 2.24) is 15.2 Å². The van der Waals surface area contributed by atoms with E-state index in [9.17, 15) is 15.2 Å². The maximum atomic E-state index is 11.4. The van der Waals surface area contributed by atoms with Crippen molar-refractivity contribution in [3.63, 3.8) is 0 Å². The predicted molar refractivity (Wildman–Crippen MR) is 117 cm³/mol. The molecule has 4 N–H and O–H groups in total. The Bertz CT molecular complexity index is 1300. The molecule has 0 aliphatic heterocycles. The molecule has 8 nitrogen and oxygen atoms in total. The number of hydrogen-bond donors (Lipinski definition) is 3. The Morgan fingerprint density at radius 3 is 2.74 bits per heavy atom. The molecule has 4 rings (SSSR count). The van der Waals surface area contributed by atoms with Crippen LogP contribution in [-0.2, 0) is 6.61 Å². The van der Waals surface area contributed by atoms with E-state index in [2.05, 4.69) is 21.3 Å². The molecular weight excluding hydrogens is 414 g/mol. The van der Waals surface area contributed by atoms with Crippen LogP contribution in [0, 0.1) is 18.3 Å². The fourth-order valence-electron chi connectivity index (χ4n) is 3.11. The molecule has 2 aromatic carbocycles. The van der Waals surface area contributed by atoms with Crippen molar-refractivity contribution >= 4 is 23.1 Å². The van der Waals surface area contributed by atoms with Gasteiger partial charge < -0.3 is 15.6 Å². The topological polar surface area (TPSA) is 138 Å². The number of nitrogens with one attached hydrogen (secondary N) is 1. The number of nitrogens with zero attached hydrogens (tertiary/aromatic N) is 3. The van der Waals surface area contributed by atoms with Gasteiger partial charge >= 0.3 is 5.97 Å². The Hall–Kier alpha value is -4.16. The molecule has 0 spiro atoms. The lowest BCUT2D eigenvalue weighted by molar-refractivity contribution is 0.0692. The average molecular weight is 431 g/mol. The molecule has 0 aliphatic rings. The van der Waals surface area contributed by atoms with Crippen molar-refractivity contribution in [1.29, 1.82) is 5.26 Å². The molecule has 0 aliphatic carbocycles. The third-order valence-corrected chi connectivity index (χ3v) is 5.61. The van der Waals surface area contributed by atoms with Crippen LogP contribution >= 0.6 is 11.3 Å². The predicted octanol–water partition coefficient (Wildman–Crippen LogP) is 4.24. The maximum absolute atomic E-state index is 11.4. The average Bonchev–Trinajstić information content (AvgIpc) is 3.35. The van der Waals surface area contributed by atoms with E-state index in [0.717, 1.165) is 16.7 Å². The molecule has 2 heterocycles. The first kappa shape index (κ1) is 20.1. The zero-order valence-corrected chi connectivity index (χ0v) is 17.2. The highest BCUT2D eigenvalue weighted by atomic mass is 32.1. The Labute approximate surface area is 181 Å². The number of carboxylic acids is 1. The van der Waals surface area contributed by atoms with Crippen LogP contribution in [0.15, 0.2) is 48.5 Å². The molecule has 0 radical (unpaired) electrons. The number of benzene rings is 2. The van der Waals surface area contributed by atoms with E-state index in [1.54, 1.807) is 13.0 Å². The summed E-state index contributed by atoms with van der Waals surface area (Å²) < 4.78 is 5.89. The summed E-state index contributed by atoms with van der Waals surface area (Å²) in [4.78, 5) is 16.1. The monoisotopic (exact) mass is 431 g/mol. The number of anilines is 1. The molecule has 9 heteroatoms. The smallest absolute Gasteiger partial charge is 0.356 e. The fraction of sp³-hybridized carbons (Fsp3) is 0.0909. The number of H-pyrrole nitrogens is 1. The molecule has 2 aromatic heterocycles. The molecule has 0 atom stereocenters.